The molecule has 3 rings (SSSR count). The van der Waals surface area contributed by atoms with Crippen LogP contribution in [0.4, 0.5) is 0 Å². The molecule has 0 saturated heterocycles. The number of hydrogen-bond acceptors (Lipinski definition) is 6. The minimum atomic E-state index is -0.225. The Morgan fingerprint density at radius 1 is 1.33 bits per heavy atom. The number of amides is 1. The highest BCUT2D eigenvalue weighted by Crippen LogP contribution is 2.26. The molecule has 2 N–H and O–H groups in total. The van der Waals surface area contributed by atoms with Gasteiger partial charge in [0.25, 0.3) is 5.91 Å². The van der Waals surface area contributed by atoms with Crippen LogP contribution in [0.5, 0.6) is 11.5 Å². The number of imidazole rings is 1. The molecule has 7 nitrogen and oxygen atoms in total. The SMILES string of the molecule is COc1cc(/C(C)=N/NC(=O)CSc2nc3ccccc3n2C)ccc1O. The maximum Gasteiger partial charge on any atom is 0.250 e. The first kappa shape index (κ1) is 18.8. The number of aromatic nitrogens is 2. The third kappa shape index (κ3) is 4.22. The van der Waals surface area contributed by atoms with Crippen LogP contribution in [0.25, 0.3) is 11.0 Å². The lowest BCUT2D eigenvalue weighted by Crippen LogP contribution is -2.21. The molecule has 0 fully saturated rings. The average molecular weight is 384 g/mol. The molecular formula is C19H20N4O3S. The molecule has 140 valence electrons. The summed E-state index contributed by atoms with van der Waals surface area (Å²) in [5.41, 5.74) is 5.82. The van der Waals surface area contributed by atoms with Crippen LogP contribution in [-0.2, 0) is 11.8 Å². The molecule has 0 bridgehead atoms. The van der Waals surface area contributed by atoms with Gasteiger partial charge in [-0.15, -0.1) is 0 Å². The molecule has 1 amide bonds. The smallest absolute Gasteiger partial charge is 0.250 e. The number of nitrogens with zero attached hydrogens (tertiary/aromatic N) is 3. The van der Waals surface area contributed by atoms with Crippen molar-refractivity contribution in [3.05, 3.63) is 48.0 Å². The Bertz CT molecular complexity index is 1010. The van der Waals surface area contributed by atoms with Crippen molar-refractivity contribution >= 4 is 34.4 Å². The molecule has 0 radical (unpaired) electrons. The summed E-state index contributed by atoms with van der Waals surface area (Å²) >= 11 is 1.35. The minimum absolute atomic E-state index is 0.0527. The van der Waals surface area contributed by atoms with E-state index in [1.54, 1.807) is 19.1 Å². The van der Waals surface area contributed by atoms with Gasteiger partial charge >= 0.3 is 0 Å². The fourth-order valence-corrected chi connectivity index (χ4v) is 3.31. The van der Waals surface area contributed by atoms with E-state index in [0.717, 1.165) is 21.8 Å². The molecule has 1 aromatic heterocycles. The standard InChI is InChI=1S/C19H20N4O3S/c1-12(13-8-9-16(24)17(10-13)26-3)21-22-18(25)11-27-19-20-14-6-4-5-7-15(14)23(19)2/h4-10,24H,11H2,1-3H3,(H,22,25)/b21-12+. The third-order valence-electron chi connectivity index (χ3n) is 4.02. The zero-order chi connectivity index (χ0) is 19.4. The van der Waals surface area contributed by atoms with Gasteiger partial charge < -0.3 is 14.4 Å². The predicted octanol–water partition coefficient (Wildman–Crippen LogP) is 2.92. The minimum Gasteiger partial charge on any atom is -0.504 e. The van der Waals surface area contributed by atoms with Crippen LogP contribution < -0.4 is 10.2 Å². The van der Waals surface area contributed by atoms with Gasteiger partial charge in [0.15, 0.2) is 16.7 Å². The summed E-state index contributed by atoms with van der Waals surface area (Å²) in [7, 11) is 3.40. The van der Waals surface area contributed by atoms with Crippen molar-refractivity contribution in [2.24, 2.45) is 12.1 Å². The molecular weight excluding hydrogens is 364 g/mol. The number of phenolic OH excluding ortho intramolecular Hbond substituents is 1. The number of aromatic hydroxyl groups is 1. The number of thioether (sulfide) groups is 1. The van der Waals surface area contributed by atoms with Crippen molar-refractivity contribution in [1.29, 1.82) is 0 Å². The summed E-state index contributed by atoms with van der Waals surface area (Å²) in [5.74, 6) is 0.382. The predicted molar refractivity (Wildman–Crippen MR) is 106 cm³/mol. The number of rotatable bonds is 6. The highest BCUT2D eigenvalue weighted by Gasteiger charge is 2.10. The van der Waals surface area contributed by atoms with Crippen molar-refractivity contribution in [3.63, 3.8) is 0 Å². The van der Waals surface area contributed by atoms with Crippen LogP contribution in [0.2, 0.25) is 0 Å². The number of ether oxygens (including phenoxy) is 1. The Balaban J connectivity index is 1.61. The number of nitrogens with one attached hydrogen (secondary N) is 1. The van der Waals surface area contributed by atoms with Gasteiger partial charge in [-0.05, 0) is 37.3 Å². The van der Waals surface area contributed by atoms with E-state index in [0.29, 0.717) is 11.5 Å². The number of aryl methyl sites for hydroxylation is 1. The first-order chi connectivity index (χ1) is 13.0. The number of hydrogen-bond donors (Lipinski definition) is 2. The summed E-state index contributed by atoms with van der Waals surface area (Å²) in [5, 5.41) is 14.5. The van der Waals surface area contributed by atoms with Crippen molar-refractivity contribution in [2.75, 3.05) is 12.9 Å². The number of carbonyl (C=O) groups excluding carboxylic acids is 1. The van der Waals surface area contributed by atoms with Crippen LogP contribution in [0, 0.1) is 0 Å². The summed E-state index contributed by atoms with van der Waals surface area (Å²) < 4.78 is 7.04. The molecule has 0 aliphatic rings. The zero-order valence-electron chi connectivity index (χ0n) is 15.3. The molecule has 27 heavy (non-hydrogen) atoms. The Hall–Kier alpha value is -3.00. The summed E-state index contributed by atoms with van der Waals surface area (Å²) in [6.07, 6.45) is 0. The monoisotopic (exact) mass is 384 g/mol. The number of hydrazone groups is 1. The molecule has 0 atom stereocenters. The van der Waals surface area contributed by atoms with Gasteiger partial charge in [-0.3, -0.25) is 4.79 Å². The number of carbonyl (C=O) groups is 1. The largest absolute Gasteiger partial charge is 0.504 e. The number of benzene rings is 2. The molecule has 3 aromatic rings. The first-order valence-corrected chi connectivity index (χ1v) is 9.23. The van der Waals surface area contributed by atoms with Crippen molar-refractivity contribution in [1.82, 2.24) is 15.0 Å². The number of phenols is 1. The maximum atomic E-state index is 12.1. The van der Waals surface area contributed by atoms with Crippen molar-refractivity contribution in [2.45, 2.75) is 12.1 Å². The number of fused-ring (bicyclic) bond motifs is 1. The molecule has 0 aliphatic heterocycles. The Morgan fingerprint density at radius 2 is 2.11 bits per heavy atom. The van der Waals surface area contributed by atoms with Crippen molar-refractivity contribution < 1.29 is 14.6 Å². The zero-order valence-corrected chi connectivity index (χ0v) is 16.1. The van der Waals surface area contributed by atoms with Gasteiger partial charge in [-0.1, -0.05) is 23.9 Å². The van der Waals surface area contributed by atoms with Gasteiger partial charge in [-0.25, -0.2) is 10.4 Å². The Morgan fingerprint density at radius 3 is 2.85 bits per heavy atom. The van der Waals surface area contributed by atoms with Gasteiger partial charge in [0, 0.05) is 12.6 Å². The molecule has 1 heterocycles. The lowest BCUT2D eigenvalue weighted by molar-refractivity contribution is -0.118. The van der Waals surface area contributed by atoms with Gasteiger partial charge in [0.05, 0.1) is 29.6 Å². The van der Waals surface area contributed by atoms with E-state index in [9.17, 15) is 9.90 Å². The highest BCUT2D eigenvalue weighted by molar-refractivity contribution is 7.99. The Labute approximate surface area is 161 Å². The van der Waals surface area contributed by atoms with Crippen LogP contribution in [0.3, 0.4) is 0 Å². The molecule has 0 saturated carbocycles. The third-order valence-corrected chi connectivity index (χ3v) is 5.05. The average Bonchev–Trinajstić information content (AvgIpc) is 3.01. The van der Waals surface area contributed by atoms with Crippen LogP contribution in [0.1, 0.15) is 12.5 Å². The lowest BCUT2D eigenvalue weighted by Gasteiger charge is -2.07. The van der Waals surface area contributed by atoms with Crippen LogP contribution in [-0.4, -0.2) is 39.1 Å². The van der Waals surface area contributed by atoms with Crippen LogP contribution in [0.15, 0.2) is 52.7 Å². The normalized spacial score (nSPS) is 11.6. The van der Waals surface area contributed by atoms with E-state index in [4.69, 9.17) is 4.74 Å². The van der Waals surface area contributed by atoms with E-state index < -0.39 is 0 Å². The van der Waals surface area contributed by atoms with Gasteiger partial charge in [0.2, 0.25) is 0 Å². The maximum absolute atomic E-state index is 12.1. The second-order valence-corrected chi connectivity index (χ2v) is 6.79. The Kier molecular flexibility index (Phi) is 5.66. The van der Waals surface area contributed by atoms with E-state index in [-0.39, 0.29) is 17.4 Å². The number of para-hydroxylation sites is 2. The van der Waals surface area contributed by atoms with Crippen molar-refractivity contribution in [3.8, 4) is 11.5 Å². The van der Waals surface area contributed by atoms with E-state index in [1.807, 2.05) is 35.9 Å². The molecule has 0 unspecified atom stereocenters. The number of methoxy groups -OCH3 is 1. The summed E-state index contributed by atoms with van der Waals surface area (Å²) in [6.45, 7) is 1.77. The molecule has 0 aliphatic carbocycles. The fourth-order valence-electron chi connectivity index (χ4n) is 2.53. The highest BCUT2D eigenvalue weighted by atomic mass is 32.2. The van der Waals surface area contributed by atoms with E-state index >= 15 is 0 Å². The van der Waals surface area contributed by atoms with Gasteiger partial charge in [-0.2, -0.15) is 5.10 Å². The van der Waals surface area contributed by atoms with E-state index in [1.165, 1.54) is 24.9 Å². The molecule has 8 heteroatoms. The second-order valence-electron chi connectivity index (χ2n) is 5.85. The van der Waals surface area contributed by atoms with Gasteiger partial charge in [0.1, 0.15) is 0 Å². The lowest BCUT2D eigenvalue weighted by atomic mass is 10.1. The van der Waals surface area contributed by atoms with Crippen LogP contribution >= 0.6 is 11.8 Å². The first-order valence-electron chi connectivity index (χ1n) is 8.24. The van der Waals surface area contributed by atoms with E-state index in [2.05, 4.69) is 15.5 Å². The summed E-state index contributed by atoms with van der Waals surface area (Å²) in [6, 6.07) is 12.7. The fraction of sp³-hybridized carbons (Fsp3) is 0.211. The quantitative estimate of drug-likeness (QED) is 0.388. The topological polar surface area (TPSA) is 88.7 Å². The molecule has 0 spiro atoms. The summed E-state index contributed by atoms with van der Waals surface area (Å²) in [4.78, 5) is 16.6. The molecule has 2 aromatic carbocycles. The second kappa shape index (κ2) is 8.13.